The highest BCUT2D eigenvalue weighted by atomic mass is 16.6. The van der Waals surface area contributed by atoms with Gasteiger partial charge in [-0.05, 0) is 26.3 Å². The summed E-state index contributed by atoms with van der Waals surface area (Å²) in [4.78, 5) is 31.9. The first-order valence-electron chi connectivity index (χ1n) is 8.65. The molecule has 1 atom stereocenters. The van der Waals surface area contributed by atoms with Crippen LogP contribution < -0.4 is 10.1 Å². The smallest absolute Gasteiger partial charge is 0.336 e. The Hall–Kier alpha value is -3.49. The van der Waals surface area contributed by atoms with E-state index in [1.54, 1.807) is 19.1 Å². The summed E-state index contributed by atoms with van der Waals surface area (Å²) in [7, 11) is 1.29. The number of methoxy groups -OCH3 is 1. The molecule has 0 aliphatic carbocycles. The van der Waals surface area contributed by atoms with Crippen molar-refractivity contribution in [1.29, 1.82) is 0 Å². The van der Waals surface area contributed by atoms with E-state index in [4.69, 9.17) is 9.47 Å². The van der Waals surface area contributed by atoms with E-state index in [0.29, 0.717) is 34.1 Å². The number of non-ortho nitro benzene ring substituents is 1. The average Bonchev–Trinajstić information content (AvgIpc) is 2.66. The first kappa shape index (κ1) is 19.3. The quantitative estimate of drug-likeness (QED) is 0.475. The van der Waals surface area contributed by atoms with Crippen molar-refractivity contribution >= 4 is 17.5 Å². The number of aromatic nitrogens is 2. The molecule has 2 aromatic rings. The number of hydrogen-bond donors (Lipinski definition) is 1. The van der Waals surface area contributed by atoms with Crippen molar-refractivity contribution in [2.24, 2.45) is 0 Å². The van der Waals surface area contributed by atoms with Gasteiger partial charge in [0.15, 0.2) is 0 Å². The number of anilines is 1. The summed E-state index contributed by atoms with van der Waals surface area (Å²) in [6.07, 6.45) is 1.20. The van der Waals surface area contributed by atoms with E-state index in [9.17, 15) is 14.9 Å². The van der Waals surface area contributed by atoms with E-state index in [1.807, 2.05) is 13.8 Å². The number of fused-ring (bicyclic) bond motifs is 1. The number of nitrogens with one attached hydrogen (secondary N) is 1. The van der Waals surface area contributed by atoms with Crippen molar-refractivity contribution in [2.75, 3.05) is 12.4 Å². The molecule has 28 heavy (non-hydrogen) atoms. The van der Waals surface area contributed by atoms with Crippen LogP contribution in [-0.4, -0.2) is 34.1 Å². The Bertz CT molecular complexity index is 971. The molecule has 0 radical (unpaired) electrons. The first-order valence-corrected chi connectivity index (χ1v) is 8.65. The van der Waals surface area contributed by atoms with Crippen molar-refractivity contribution in [3.63, 3.8) is 0 Å². The summed E-state index contributed by atoms with van der Waals surface area (Å²) in [6, 6.07) is 6.12. The van der Waals surface area contributed by atoms with Crippen molar-refractivity contribution in [3.8, 4) is 5.88 Å². The molecule has 2 heterocycles. The second kappa shape index (κ2) is 7.63. The Morgan fingerprint density at radius 2 is 2.07 bits per heavy atom. The topological polar surface area (TPSA) is 116 Å². The Morgan fingerprint density at radius 1 is 1.32 bits per heavy atom. The number of rotatable bonds is 5. The number of ether oxygens (including phenoxy) is 2. The SMILES string of the molecule is COC(=O)C1=C(C)Nc2ncnc(OC(C)C)c2C1c1cccc([N+](=O)[O-])c1. The van der Waals surface area contributed by atoms with E-state index >= 15 is 0 Å². The lowest BCUT2D eigenvalue weighted by Crippen LogP contribution is -2.26. The number of nitro groups is 1. The lowest BCUT2D eigenvalue weighted by Gasteiger charge is -2.30. The van der Waals surface area contributed by atoms with Gasteiger partial charge < -0.3 is 14.8 Å². The van der Waals surface area contributed by atoms with E-state index < -0.39 is 16.8 Å². The van der Waals surface area contributed by atoms with Crippen LogP contribution in [0.2, 0.25) is 0 Å². The molecule has 9 nitrogen and oxygen atoms in total. The van der Waals surface area contributed by atoms with Crippen LogP contribution in [0, 0.1) is 10.1 Å². The van der Waals surface area contributed by atoms with Crippen LogP contribution in [0.15, 0.2) is 41.9 Å². The van der Waals surface area contributed by atoms with Crippen LogP contribution in [-0.2, 0) is 9.53 Å². The molecular weight excluding hydrogens is 364 g/mol. The lowest BCUT2D eigenvalue weighted by atomic mass is 9.82. The van der Waals surface area contributed by atoms with Gasteiger partial charge in [-0.25, -0.2) is 14.8 Å². The van der Waals surface area contributed by atoms with Gasteiger partial charge in [0.1, 0.15) is 12.1 Å². The molecule has 0 bridgehead atoms. The molecule has 0 saturated heterocycles. The number of esters is 1. The third kappa shape index (κ3) is 3.51. The van der Waals surface area contributed by atoms with Gasteiger partial charge in [0.05, 0.1) is 35.2 Å². The van der Waals surface area contributed by atoms with E-state index in [2.05, 4.69) is 15.3 Å². The summed E-state index contributed by atoms with van der Waals surface area (Å²) in [5.74, 6) is -0.449. The molecule has 1 unspecified atom stereocenters. The fraction of sp³-hybridized carbons (Fsp3) is 0.316. The van der Waals surface area contributed by atoms with Crippen molar-refractivity contribution in [3.05, 3.63) is 63.1 Å². The van der Waals surface area contributed by atoms with Gasteiger partial charge in [0, 0.05) is 17.8 Å². The molecule has 0 saturated carbocycles. The normalized spacial score (nSPS) is 15.7. The zero-order valence-electron chi connectivity index (χ0n) is 15.9. The molecule has 3 rings (SSSR count). The summed E-state index contributed by atoms with van der Waals surface area (Å²) in [5.41, 5.74) is 1.86. The minimum atomic E-state index is -0.682. The summed E-state index contributed by atoms with van der Waals surface area (Å²) >= 11 is 0. The van der Waals surface area contributed by atoms with Crippen LogP contribution in [0.1, 0.15) is 37.8 Å². The zero-order valence-corrected chi connectivity index (χ0v) is 15.9. The van der Waals surface area contributed by atoms with Crippen LogP contribution in [0.25, 0.3) is 0 Å². The van der Waals surface area contributed by atoms with Gasteiger partial charge in [-0.3, -0.25) is 10.1 Å². The molecule has 0 fully saturated rings. The number of nitro benzene ring substituents is 1. The maximum Gasteiger partial charge on any atom is 0.336 e. The lowest BCUT2D eigenvalue weighted by molar-refractivity contribution is -0.384. The predicted molar refractivity (Wildman–Crippen MR) is 101 cm³/mol. The predicted octanol–water partition coefficient (Wildman–Crippen LogP) is 3.18. The molecule has 1 aromatic heterocycles. The van der Waals surface area contributed by atoms with Gasteiger partial charge in [-0.1, -0.05) is 12.1 Å². The third-order valence-electron chi connectivity index (χ3n) is 4.30. The maximum absolute atomic E-state index is 12.6. The minimum absolute atomic E-state index is 0.0809. The second-order valence-electron chi connectivity index (χ2n) is 6.55. The maximum atomic E-state index is 12.6. The van der Waals surface area contributed by atoms with E-state index in [0.717, 1.165) is 0 Å². The molecule has 146 valence electrons. The van der Waals surface area contributed by atoms with Crippen molar-refractivity contribution in [1.82, 2.24) is 9.97 Å². The fourth-order valence-corrected chi connectivity index (χ4v) is 3.19. The number of carbonyl (C=O) groups is 1. The molecule has 9 heteroatoms. The number of benzene rings is 1. The van der Waals surface area contributed by atoms with Crippen LogP contribution in [0.3, 0.4) is 0 Å². The molecule has 1 aromatic carbocycles. The Kier molecular flexibility index (Phi) is 5.25. The third-order valence-corrected chi connectivity index (χ3v) is 4.30. The van der Waals surface area contributed by atoms with Crippen molar-refractivity contribution in [2.45, 2.75) is 32.8 Å². The highest BCUT2D eigenvalue weighted by molar-refractivity contribution is 5.94. The van der Waals surface area contributed by atoms with Gasteiger partial charge in [0.25, 0.3) is 5.69 Å². The summed E-state index contributed by atoms with van der Waals surface area (Å²) < 4.78 is 10.8. The average molecular weight is 384 g/mol. The van der Waals surface area contributed by atoms with Gasteiger partial charge in [-0.2, -0.15) is 0 Å². The summed E-state index contributed by atoms with van der Waals surface area (Å²) in [5, 5.41) is 14.4. The second-order valence-corrected chi connectivity index (χ2v) is 6.55. The molecule has 1 aliphatic rings. The van der Waals surface area contributed by atoms with Crippen LogP contribution in [0.4, 0.5) is 11.5 Å². The Balaban J connectivity index is 2.28. The largest absolute Gasteiger partial charge is 0.475 e. The van der Waals surface area contributed by atoms with Gasteiger partial charge in [0.2, 0.25) is 5.88 Å². The van der Waals surface area contributed by atoms with Crippen LogP contribution >= 0.6 is 0 Å². The monoisotopic (exact) mass is 384 g/mol. The Morgan fingerprint density at radius 3 is 2.71 bits per heavy atom. The number of allylic oxidation sites excluding steroid dienone is 1. The highest BCUT2D eigenvalue weighted by Crippen LogP contribution is 2.45. The number of carbonyl (C=O) groups excluding carboxylic acids is 1. The number of nitrogens with zero attached hydrogens (tertiary/aromatic N) is 3. The molecule has 0 spiro atoms. The van der Waals surface area contributed by atoms with E-state index in [1.165, 1.54) is 25.6 Å². The van der Waals surface area contributed by atoms with E-state index in [-0.39, 0.29) is 11.8 Å². The van der Waals surface area contributed by atoms with Crippen molar-refractivity contribution < 1.29 is 19.2 Å². The molecule has 0 amide bonds. The molecular formula is C19H20N4O5. The molecule has 1 N–H and O–H groups in total. The summed E-state index contributed by atoms with van der Waals surface area (Å²) in [6.45, 7) is 5.44. The fourth-order valence-electron chi connectivity index (χ4n) is 3.19. The van der Waals surface area contributed by atoms with Gasteiger partial charge >= 0.3 is 5.97 Å². The first-order chi connectivity index (χ1) is 13.3. The standard InChI is InChI=1S/C19H20N4O5/c1-10(2)28-18-16-15(12-6-5-7-13(8-12)23(25)26)14(19(24)27-4)11(3)22-17(16)20-9-21-18/h5-10,15H,1-4H3,(H,20,21,22). The number of hydrogen-bond acceptors (Lipinski definition) is 8. The van der Waals surface area contributed by atoms with Crippen LogP contribution in [0.5, 0.6) is 5.88 Å². The molecule has 1 aliphatic heterocycles. The Labute approximate surface area is 161 Å². The zero-order chi connectivity index (χ0) is 20.4. The highest BCUT2D eigenvalue weighted by Gasteiger charge is 2.37. The minimum Gasteiger partial charge on any atom is -0.475 e. The van der Waals surface area contributed by atoms with Gasteiger partial charge in [-0.15, -0.1) is 0 Å².